The zero-order chi connectivity index (χ0) is 3.58. The first-order valence-corrected chi connectivity index (χ1v) is 1.55. The first kappa shape index (κ1) is 9.11. The van der Waals surface area contributed by atoms with Gasteiger partial charge in [0.15, 0.2) is 0 Å². The van der Waals surface area contributed by atoms with Crippen LogP contribution < -0.4 is 0 Å². The first-order valence-electron chi connectivity index (χ1n) is 0.516. The Hall–Kier alpha value is 0.533. The molecule has 0 aromatic rings. The van der Waals surface area contributed by atoms with E-state index in [2.05, 4.69) is 0 Å². The van der Waals surface area contributed by atoms with Gasteiger partial charge in [-0.15, -0.1) is 0 Å². The average Bonchev–Trinajstić information content (AvgIpc) is 0.811. The van der Waals surface area contributed by atoms with Gasteiger partial charge in [0, 0.05) is 30.5 Å². The molecule has 0 saturated heterocycles. The van der Waals surface area contributed by atoms with Gasteiger partial charge in [-0.25, -0.2) is 0 Å². The van der Waals surface area contributed by atoms with Crippen LogP contribution in [0, 0.1) is 0 Å². The minimum atomic E-state index is -2.86. The molecule has 0 fully saturated rings. The molecule has 0 rings (SSSR count). The van der Waals surface area contributed by atoms with Crippen molar-refractivity contribution < 1.29 is 32.4 Å². The van der Waals surface area contributed by atoms with Gasteiger partial charge >= 0.3 is 0 Å². The van der Waals surface area contributed by atoms with Crippen LogP contribution in [0.1, 0.15) is 0 Å². The van der Waals surface area contributed by atoms with Crippen LogP contribution in [0.15, 0.2) is 0 Å². The predicted octanol–water partition coefficient (Wildman–Crippen LogP) is -0.234. The van der Waals surface area contributed by atoms with Crippen LogP contribution >= 0.6 is 0 Å². The Morgan fingerprint density at radius 3 is 1.40 bits per heavy atom. The molecule has 0 amide bonds. The van der Waals surface area contributed by atoms with Crippen LogP contribution in [0.4, 0.5) is 0 Å². The van der Waals surface area contributed by atoms with Crippen molar-refractivity contribution in [3.05, 3.63) is 0 Å². The smallest absolute Gasteiger partial charge is 0.0495 e. The molecule has 0 saturated carbocycles. The zero-order valence-corrected chi connectivity index (χ0v) is 4.46. The normalized spacial score (nSPS) is 6.80. The van der Waals surface area contributed by atoms with Crippen LogP contribution in [0.25, 0.3) is 0 Å². The second kappa shape index (κ2) is 4.53. The second-order valence-corrected chi connectivity index (χ2v) is 0.651. The van der Waals surface area contributed by atoms with Crippen molar-refractivity contribution in [3.63, 3.8) is 0 Å². The van der Waals surface area contributed by atoms with Crippen LogP contribution in [-0.2, 0) is 38.9 Å². The predicted molar refractivity (Wildman–Crippen MR) is 11.4 cm³/mol. The van der Waals surface area contributed by atoms with E-state index in [4.69, 9.17) is 13.0 Å². The van der Waals surface area contributed by atoms with Gasteiger partial charge in [-0.05, 0) is 0 Å². The minimum Gasteiger partial charge on any atom is -0.439 e. The topological polar surface area (TPSA) is 54.4 Å². The van der Waals surface area contributed by atoms with E-state index in [1.54, 1.807) is 0 Å². The largest absolute Gasteiger partial charge is 0.439 e. The molecule has 1 radical (unpaired) electrons. The molecule has 0 aliphatic heterocycles. The van der Waals surface area contributed by atoms with Crippen molar-refractivity contribution >= 4 is 11.0 Å². The Balaban J connectivity index is 0. The summed E-state index contributed by atoms with van der Waals surface area (Å²) in [5.74, 6) is 0. The van der Waals surface area contributed by atoms with E-state index in [0.29, 0.717) is 0 Å². The van der Waals surface area contributed by atoms with Gasteiger partial charge in [-0.1, -0.05) is 0 Å². The molecule has 35 valence electrons. The third kappa shape index (κ3) is 102. The molecular weight excluding hydrogens is 183 g/mol. The van der Waals surface area contributed by atoms with Gasteiger partial charge < -0.3 is 13.0 Å². The quantitative estimate of drug-likeness (QED) is 0.245. The maximum absolute atomic E-state index is 8.56. The van der Waals surface area contributed by atoms with Crippen molar-refractivity contribution in [2.45, 2.75) is 0 Å². The SMILES string of the molecule is O=[S-](=O)O.[Rh]. The van der Waals surface area contributed by atoms with E-state index in [0.717, 1.165) is 0 Å². The third-order valence-electron chi connectivity index (χ3n) is 0. The van der Waals surface area contributed by atoms with Gasteiger partial charge in [0.25, 0.3) is 0 Å². The number of rotatable bonds is 0. The molecule has 3 nitrogen and oxygen atoms in total. The summed E-state index contributed by atoms with van der Waals surface area (Å²) in [4.78, 5) is 0. The Morgan fingerprint density at radius 1 is 1.40 bits per heavy atom. The Labute approximate surface area is 43.9 Å². The summed E-state index contributed by atoms with van der Waals surface area (Å²) in [6.07, 6.45) is 0. The Bertz CT molecular complexity index is 55.3. The van der Waals surface area contributed by atoms with Gasteiger partial charge in [0.2, 0.25) is 0 Å². The van der Waals surface area contributed by atoms with E-state index in [1.165, 1.54) is 0 Å². The van der Waals surface area contributed by atoms with Crippen molar-refractivity contribution in [2.75, 3.05) is 0 Å². The standard InChI is InChI=1S/HO3S.Rh/c1-4(2)3;/h(H,1,2,3);/q-1;. The number of hydrogen-bond donors (Lipinski definition) is 1. The number of hydrogen-bond acceptors (Lipinski definition) is 3. The fraction of sp³-hybridized carbons (Fsp3) is 0. The average molecular weight is 184 g/mol. The third-order valence-corrected chi connectivity index (χ3v) is 0. The summed E-state index contributed by atoms with van der Waals surface area (Å²) in [6, 6.07) is 0. The van der Waals surface area contributed by atoms with Gasteiger partial charge in [-0.2, -0.15) is 0 Å². The van der Waals surface area contributed by atoms with Gasteiger partial charge in [0.1, 0.15) is 0 Å². The molecule has 0 atom stereocenters. The molecule has 0 aromatic carbocycles. The molecule has 5 heteroatoms. The fourth-order valence-corrected chi connectivity index (χ4v) is 0. The molecule has 0 heterocycles. The summed E-state index contributed by atoms with van der Waals surface area (Å²) < 4.78 is 24.1. The summed E-state index contributed by atoms with van der Waals surface area (Å²) in [5.41, 5.74) is 0. The van der Waals surface area contributed by atoms with Crippen LogP contribution in [0.5, 0.6) is 0 Å². The molecule has 1 N–H and O–H groups in total. The first-order chi connectivity index (χ1) is 1.73. The van der Waals surface area contributed by atoms with E-state index >= 15 is 0 Å². The van der Waals surface area contributed by atoms with E-state index < -0.39 is 11.0 Å². The summed E-state index contributed by atoms with van der Waals surface area (Å²) in [7, 11) is -2.86. The van der Waals surface area contributed by atoms with E-state index in [1.807, 2.05) is 0 Å². The van der Waals surface area contributed by atoms with Crippen LogP contribution in [0.3, 0.4) is 0 Å². The monoisotopic (exact) mass is 184 g/mol. The Kier molecular flexibility index (Phi) is 8.26. The second-order valence-electron chi connectivity index (χ2n) is 0.217. The molecule has 0 spiro atoms. The van der Waals surface area contributed by atoms with Crippen molar-refractivity contribution in [1.82, 2.24) is 0 Å². The maximum atomic E-state index is 8.56. The maximum Gasteiger partial charge on any atom is 0.0495 e. The van der Waals surface area contributed by atoms with Crippen LogP contribution in [0.2, 0.25) is 0 Å². The molecule has 0 aliphatic rings. The zero-order valence-electron chi connectivity index (χ0n) is 2.01. The van der Waals surface area contributed by atoms with Gasteiger partial charge in [0.05, 0.1) is 0 Å². The molecule has 0 unspecified atom stereocenters. The molecular formula is HO3RhS-. The molecule has 0 aliphatic carbocycles. The minimum absolute atomic E-state index is 0. The van der Waals surface area contributed by atoms with Crippen molar-refractivity contribution in [1.29, 1.82) is 0 Å². The van der Waals surface area contributed by atoms with E-state index in [9.17, 15) is 0 Å². The van der Waals surface area contributed by atoms with Crippen LogP contribution in [-0.4, -0.2) is 4.55 Å². The summed E-state index contributed by atoms with van der Waals surface area (Å²) in [6.45, 7) is 0. The summed E-state index contributed by atoms with van der Waals surface area (Å²) in [5, 5.41) is 0. The van der Waals surface area contributed by atoms with Crippen molar-refractivity contribution in [2.24, 2.45) is 0 Å². The molecule has 5 heavy (non-hydrogen) atoms. The fourth-order valence-electron chi connectivity index (χ4n) is 0. The molecule has 0 aromatic heterocycles. The summed E-state index contributed by atoms with van der Waals surface area (Å²) >= 11 is 0. The molecule has 0 bridgehead atoms. The van der Waals surface area contributed by atoms with Crippen molar-refractivity contribution in [3.8, 4) is 0 Å². The Morgan fingerprint density at radius 2 is 1.40 bits per heavy atom. The van der Waals surface area contributed by atoms with Gasteiger partial charge in [-0.3, -0.25) is 0 Å². The van der Waals surface area contributed by atoms with E-state index in [-0.39, 0.29) is 19.5 Å².